The lowest BCUT2D eigenvalue weighted by molar-refractivity contribution is 0.0486. The summed E-state index contributed by atoms with van der Waals surface area (Å²) in [4.78, 5) is 11.5. The molecule has 0 fully saturated rings. The number of benzene rings is 1. The molecule has 1 aromatic carbocycles. The minimum absolute atomic E-state index is 0.173. The Morgan fingerprint density at radius 2 is 2.00 bits per heavy atom. The van der Waals surface area contributed by atoms with E-state index in [-0.39, 0.29) is 12.4 Å². The zero-order valence-electron chi connectivity index (χ0n) is 12.3. The van der Waals surface area contributed by atoms with Gasteiger partial charge in [0.05, 0.1) is 13.7 Å². The number of esters is 1. The van der Waals surface area contributed by atoms with E-state index >= 15 is 0 Å². The lowest BCUT2D eigenvalue weighted by atomic mass is 10.2. The molecule has 2 rings (SSSR count). The third kappa shape index (κ3) is 3.78. The minimum atomic E-state index is -0.475. The van der Waals surface area contributed by atoms with Crippen LogP contribution >= 0.6 is 0 Å². The molecule has 1 aromatic heterocycles. The van der Waals surface area contributed by atoms with Gasteiger partial charge in [0.25, 0.3) is 0 Å². The summed E-state index contributed by atoms with van der Waals surface area (Å²) in [5, 5.41) is 0. The number of rotatable bonds is 6. The van der Waals surface area contributed by atoms with E-state index in [2.05, 4.69) is 0 Å². The minimum Gasteiger partial charge on any atom is -0.493 e. The second-order valence-electron chi connectivity index (χ2n) is 4.43. The topological polar surface area (TPSA) is 57.9 Å². The van der Waals surface area contributed by atoms with Crippen LogP contribution in [0.4, 0.5) is 0 Å². The average molecular weight is 290 g/mol. The summed E-state index contributed by atoms with van der Waals surface area (Å²) in [5.41, 5.74) is 1.08. The first-order valence-electron chi connectivity index (χ1n) is 6.67. The highest BCUT2D eigenvalue weighted by Crippen LogP contribution is 2.28. The van der Waals surface area contributed by atoms with Gasteiger partial charge in [-0.15, -0.1) is 0 Å². The van der Waals surface area contributed by atoms with Gasteiger partial charge in [-0.1, -0.05) is 6.07 Å². The van der Waals surface area contributed by atoms with E-state index < -0.39 is 5.97 Å². The monoisotopic (exact) mass is 290 g/mol. The normalized spacial score (nSPS) is 10.2. The summed E-state index contributed by atoms with van der Waals surface area (Å²) in [5.74, 6) is 1.52. The molecule has 0 unspecified atom stereocenters. The molecule has 0 amide bonds. The molecule has 0 aliphatic heterocycles. The summed E-state index contributed by atoms with van der Waals surface area (Å²) in [6.07, 6.45) is 0. The molecular weight excluding hydrogens is 272 g/mol. The second kappa shape index (κ2) is 6.83. The van der Waals surface area contributed by atoms with Crippen LogP contribution in [0, 0.1) is 6.92 Å². The van der Waals surface area contributed by atoms with Gasteiger partial charge < -0.3 is 18.6 Å². The molecule has 0 aliphatic carbocycles. The Morgan fingerprint density at radius 3 is 2.71 bits per heavy atom. The highest BCUT2D eigenvalue weighted by Gasteiger charge is 2.13. The van der Waals surface area contributed by atoms with E-state index in [9.17, 15) is 4.79 Å². The predicted molar refractivity (Wildman–Crippen MR) is 76.7 cm³/mol. The van der Waals surface area contributed by atoms with E-state index in [1.165, 1.54) is 0 Å². The van der Waals surface area contributed by atoms with Crippen molar-refractivity contribution in [1.82, 2.24) is 0 Å². The fourth-order valence-electron chi connectivity index (χ4n) is 1.81. The molecule has 0 bridgehead atoms. The predicted octanol–water partition coefficient (Wildman–Crippen LogP) is 3.35. The molecule has 5 nitrogen and oxygen atoms in total. The average Bonchev–Trinajstić information content (AvgIpc) is 2.95. The molecule has 0 saturated carbocycles. The Hall–Kier alpha value is -2.43. The van der Waals surface area contributed by atoms with Crippen LogP contribution in [-0.2, 0) is 11.3 Å². The zero-order valence-corrected chi connectivity index (χ0v) is 12.3. The lowest BCUT2D eigenvalue weighted by Crippen LogP contribution is -2.02. The number of aryl methyl sites for hydroxylation is 1. The van der Waals surface area contributed by atoms with Gasteiger partial charge >= 0.3 is 5.97 Å². The molecule has 5 heteroatoms. The Bertz CT molecular complexity index is 615. The van der Waals surface area contributed by atoms with Crippen molar-refractivity contribution < 1.29 is 23.4 Å². The molecule has 112 valence electrons. The van der Waals surface area contributed by atoms with Gasteiger partial charge in [-0.25, -0.2) is 4.79 Å². The first-order valence-corrected chi connectivity index (χ1v) is 6.67. The fourth-order valence-corrected chi connectivity index (χ4v) is 1.81. The fraction of sp³-hybridized carbons (Fsp3) is 0.312. The van der Waals surface area contributed by atoms with Crippen molar-refractivity contribution in [2.45, 2.75) is 20.5 Å². The van der Waals surface area contributed by atoms with Crippen molar-refractivity contribution in [1.29, 1.82) is 0 Å². The maximum atomic E-state index is 11.5. The standard InChI is InChI=1S/C16H18O5/c1-4-19-16(17)14-8-6-12(21-14)10-20-13-7-5-11(2)9-15(13)18-3/h5-9H,4,10H2,1-3H3. The van der Waals surface area contributed by atoms with E-state index in [1.807, 2.05) is 25.1 Å². The van der Waals surface area contributed by atoms with Gasteiger partial charge in [-0.05, 0) is 43.7 Å². The molecule has 2 aromatic rings. The van der Waals surface area contributed by atoms with Crippen molar-refractivity contribution in [3.63, 3.8) is 0 Å². The summed E-state index contributed by atoms with van der Waals surface area (Å²) in [6.45, 7) is 4.24. The molecule has 0 saturated heterocycles. The van der Waals surface area contributed by atoms with Crippen LogP contribution in [0.1, 0.15) is 28.8 Å². The number of carbonyl (C=O) groups excluding carboxylic acids is 1. The number of furan rings is 1. The van der Waals surface area contributed by atoms with Crippen LogP contribution in [0.2, 0.25) is 0 Å². The molecule has 0 spiro atoms. The quantitative estimate of drug-likeness (QED) is 0.764. The Balaban J connectivity index is 2.02. The van der Waals surface area contributed by atoms with Gasteiger partial charge in [-0.3, -0.25) is 0 Å². The molecular formula is C16H18O5. The van der Waals surface area contributed by atoms with Crippen molar-refractivity contribution in [3.05, 3.63) is 47.4 Å². The van der Waals surface area contributed by atoms with Crippen LogP contribution < -0.4 is 9.47 Å². The van der Waals surface area contributed by atoms with Gasteiger partial charge in [0.1, 0.15) is 12.4 Å². The molecule has 0 N–H and O–H groups in total. The number of methoxy groups -OCH3 is 1. The smallest absolute Gasteiger partial charge is 0.374 e. The number of ether oxygens (including phenoxy) is 3. The first-order chi connectivity index (χ1) is 10.1. The number of hydrogen-bond donors (Lipinski definition) is 0. The summed E-state index contributed by atoms with van der Waals surface area (Å²) in [6, 6.07) is 8.92. The van der Waals surface area contributed by atoms with Crippen LogP contribution in [0.25, 0.3) is 0 Å². The zero-order chi connectivity index (χ0) is 15.2. The van der Waals surface area contributed by atoms with E-state index in [0.29, 0.717) is 23.9 Å². The summed E-state index contributed by atoms with van der Waals surface area (Å²) in [7, 11) is 1.59. The summed E-state index contributed by atoms with van der Waals surface area (Å²) < 4.78 is 21.1. The summed E-state index contributed by atoms with van der Waals surface area (Å²) >= 11 is 0. The van der Waals surface area contributed by atoms with Crippen molar-refractivity contribution >= 4 is 5.97 Å². The number of hydrogen-bond acceptors (Lipinski definition) is 5. The van der Waals surface area contributed by atoms with Crippen molar-refractivity contribution in [2.24, 2.45) is 0 Å². The van der Waals surface area contributed by atoms with E-state index in [0.717, 1.165) is 5.56 Å². The first kappa shape index (κ1) is 15.0. The third-order valence-electron chi connectivity index (χ3n) is 2.83. The largest absolute Gasteiger partial charge is 0.493 e. The van der Waals surface area contributed by atoms with Gasteiger partial charge in [0.15, 0.2) is 11.5 Å². The van der Waals surface area contributed by atoms with Crippen LogP contribution in [-0.4, -0.2) is 19.7 Å². The Kier molecular flexibility index (Phi) is 4.87. The second-order valence-corrected chi connectivity index (χ2v) is 4.43. The molecule has 0 radical (unpaired) electrons. The molecule has 21 heavy (non-hydrogen) atoms. The Labute approximate surface area is 123 Å². The van der Waals surface area contributed by atoms with E-state index in [1.54, 1.807) is 26.2 Å². The molecule has 1 heterocycles. The third-order valence-corrected chi connectivity index (χ3v) is 2.83. The van der Waals surface area contributed by atoms with Gasteiger partial charge in [0.2, 0.25) is 5.76 Å². The van der Waals surface area contributed by atoms with Gasteiger partial charge in [-0.2, -0.15) is 0 Å². The van der Waals surface area contributed by atoms with Crippen molar-refractivity contribution in [2.75, 3.05) is 13.7 Å². The maximum Gasteiger partial charge on any atom is 0.374 e. The van der Waals surface area contributed by atoms with E-state index in [4.69, 9.17) is 18.6 Å². The van der Waals surface area contributed by atoms with Gasteiger partial charge in [0, 0.05) is 0 Å². The highest BCUT2D eigenvalue weighted by atomic mass is 16.5. The Morgan fingerprint density at radius 1 is 1.19 bits per heavy atom. The number of carbonyl (C=O) groups is 1. The van der Waals surface area contributed by atoms with Crippen LogP contribution in [0.15, 0.2) is 34.7 Å². The molecule has 0 aliphatic rings. The lowest BCUT2D eigenvalue weighted by Gasteiger charge is -2.10. The van der Waals surface area contributed by atoms with Crippen molar-refractivity contribution in [3.8, 4) is 11.5 Å². The highest BCUT2D eigenvalue weighted by molar-refractivity contribution is 5.86. The van der Waals surface area contributed by atoms with Crippen LogP contribution in [0.5, 0.6) is 11.5 Å². The molecule has 0 atom stereocenters. The van der Waals surface area contributed by atoms with Crippen LogP contribution in [0.3, 0.4) is 0 Å². The SMILES string of the molecule is CCOC(=O)c1ccc(COc2ccc(C)cc2OC)o1. The maximum absolute atomic E-state index is 11.5.